The van der Waals surface area contributed by atoms with Crippen LogP contribution < -0.4 is 11.1 Å². The monoisotopic (exact) mass is 413 g/mol. The van der Waals surface area contributed by atoms with Gasteiger partial charge in [0.2, 0.25) is 11.8 Å². The number of amides is 2. The molecule has 0 saturated heterocycles. The predicted octanol–water partition coefficient (Wildman–Crippen LogP) is 2.35. The van der Waals surface area contributed by atoms with Crippen LogP contribution in [-0.4, -0.2) is 38.1 Å². The molecule has 0 bridgehead atoms. The molecule has 0 atom stereocenters. The number of Topliss-reactive ketones (excluding diaryl/α,β-unsaturated/α-hetero) is 1. The quantitative estimate of drug-likeness (QED) is 0.406. The fourth-order valence-electron chi connectivity index (χ4n) is 2.62. The lowest BCUT2D eigenvalue weighted by Crippen LogP contribution is -2.17. The Morgan fingerprint density at radius 3 is 2.66 bits per heavy atom. The number of rotatable bonds is 9. The maximum absolute atomic E-state index is 12.4. The normalized spacial score (nSPS) is 10.7. The van der Waals surface area contributed by atoms with Crippen LogP contribution in [0.1, 0.15) is 23.7 Å². The standard InChI is InChI=1S/C19H19N5O4S/c1-12(25)13-5-2-3-6-14(13)21-17(27)11-29-19-23-22-18(15-7-4-10-28-15)24(19)9-8-16(20)26/h2-7,10H,8-9,11H2,1H3,(H2,20,26)(H,21,27). The summed E-state index contributed by atoms with van der Waals surface area (Å²) in [5.74, 6) is 0.0861. The van der Waals surface area contributed by atoms with Gasteiger partial charge in [0.15, 0.2) is 22.5 Å². The third-order valence-corrected chi connectivity index (χ3v) is 4.92. The summed E-state index contributed by atoms with van der Waals surface area (Å²) in [4.78, 5) is 35.3. The maximum atomic E-state index is 12.4. The molecule has 0 unspecified atom stereocenters. The predicted molar refractivity (Wildman–Crippen MR) is 107 cm³/mol. The Bertz CT molecular complexity index is 1030. The number of hydrogen-bond donors (Lipinski definition) is 2. The molecule has 0 saturated carbocycles. The molecule has 3 N–H and O–H groups in total. The lowest BCUT2D eigenvalue weighted by atomic mass is 10.1. The lowest BCUT2D eigenvalue weighted by Gasteiger charge is -2.10. The Labute approximate surface area is 170 Å². The molecule has 29 heavy (non-hydrogen) atoms. The number of nitrogens with two attached hydrogens (primary N) is 1. The van der Waals surface area contributed by atoms with Crippen LogP contribution in [0.4, 0.5) is 5.69 Å². The van der Waals surface area contributed by atoms with Gasteiger partial charge >= 0.3 is 0 Å². The average molecular weight is 413 g/mol. The van der Waals surface area contributed by atoms with E-state index in [4.69, 9.17) is 10.2 Å². The number of ketones is 1. The first kappa shape index (κ1) is 20.3. The van der Waals surface area contributed by atoms with Gasteiger partial charge in [-0.1, -0.05) is 23.9 Å². The van der Waals surface area contributed by atoms with Crippen LogP contribution in [0.25, 0.3) is 11.6 Å². The number of thioether (sulfide) groups is 1. The fraction of sp³-hybridized carbons (Fsp3) is 0.211. The van der Waals surface area contributed by atoms with Crippen LogP contribution >= 0.6 is 11.8 Å². The second-order valence-corrected chi connectivity index (χ2v) is 7.03. The van der Waals surface area contributed by atoms with E-state index in [2.05, 4.69) is 15.5 Å². The van der Waals surface area contributed by atoms with E-state index < -0.39 is 5.91 Å². The third kappa shape index (κ3) is 5.11. The molecule has 3 aromatic rings. The van der Waals surface area contributed by atoms with Crippen LogP contribution in [0.5, 0.6) is 0 Å². The second-order valence-electron chi connectivity index (χ2n) is 6.09. The lowest BCUT2D eigenvalue weighted by molar-refractivity contribution is -0.118. The first-order chi connectivity index (χ1) is 14.0. The molecule has 2 aromatic heterocycles. The number of furan rings is 1. The highest BCUT2D eigenvalue weighted by Gasteiger charge is 2.18. The Kier molecular flexibility index (Phi) is 6.45. The van der Waals surface area contributed by atoms with Gasteiger partial charge in [-0.15, -0.1) is 10.2 Å². The average Bonchev–Trinajstić information content (AvgIpc) is 3.34. The van der Waals surface area contributed by atoms with Gasteiger partial charge in [-0.05, 0) is 31.2 Å². The number of aromatic nitrogens is 3. The van der Waals surface area contributed by atoms with E-state index in [1.807, 2.05) is 0 Å². The van der Waals surface area contributed by atoms with Gasteiger partial charge in [-0.2, -0.15) is 0 Å². The van der Waals surface area contributed by atoms with E-state index in [0.717, 1.165) is 11.8 Å². The van der Waals surface area contributed by atoms with E-state index in [1.165, 1.54) is 13.2 Å². The van der Waals surface area contributed by atoms with Crippen molar-refractivity contribution in [3.05, 3.63) is 48.2 Å². The number of anilines is 1. The van der Waals surface area contributed by atoms with Gasteiger partial charge in [-0.25, -0.2) is 0 Å². The Hall–Kier alpha value is -3.40. The SMILES string of the molecule is CC(=O)c1ccccc1NC(=O)CSc1nnc(-c2ccco2)n1CCC(N)=O. The van der Waals surface area contributed by atoms with Gasteiger partial charge in [-0.3, -0.25) is 19.0 Å². The molecular formula is C19H19N5O4S. The van der Waals surface area contributed by atoms with Crippen LogP contribution in [0.3, 0.4) is 0 Å². The van der Waals surface area contributed by atoms with Gasteiger partial charge in [0.05, 0.1) is 17.7 Å². The summed E-state index contributed by atoms with van der Waals surface area (Å²) in [5.41, 5.74) is 6.16. The Morgan fingerprint density at radius 1 is 1.17 bits per heavy atom. The minimum absolute atomic E-state index is 0.0408. The zero-order valence-electron chi connectivity index (χ0n) is 15.6. The van der Waals surface area contributed by atoms with Crippen LogP contribution in [0, 0.1) is 0 Å². The molecule has 0 aliphatic rings. The number of primary amides is 1. The van der Waals surface area contributed by atoms with E-state index in [-0.39, 0.29) is 30.4 Å². The molecule has 2 amide bonds. The maximum Gasteiger partial charge on any atom is 0.234 e. The minimum atomic E-state index is -0.460. The number of benzene rings is 1. The number of hydrogen-bond acceptors (Lipinski definition) is 7. The van der Waals surface area contributed by atoms with E-state index in [0.29, 0.717) is 28.0 Å². The van der Waals surface area contributed by atoms with Gasteiger partial charge < -0.3 is 15.5 Å². The van der Waals surface area contributed by atoms with Crippen molar-refractivity contribution in [2.24, 2.45) is 5.73 Å². The minimum Gasteiger partial charge on any atom is -0.461 e. The van der Waals surface area contributed by atoms with Crippen molar-refractivity contribution in [2.45, 2.75) is 25.0 Å². The number of carbonyl (C=O) groups excluding carboxylic acids is 3. The van der Waals surface area contributed by atoms with Crippen molar-refractivity contribution in [1.29, 1.82) is 0 Å². The molecule has 1 aromatic carbocycles. The molecule has 0 spiro atoms. The second kappa shape index (κ2) is 9.20. The molecule has 0 aliphatic heterocycles. The first-order valence-electron chi connectivity index (χ1n) is 8.73. The van der Waals surface area contributed by atoms with E-state index >= 15 is 0 Å². The highest BCUT2D eigenvalue weighted by atomic mass is 32.2. The van der Waals surface area contributed by atoms with Crippen LogP contribution in [0.2, 0.25) is 0 Å². The molecule has 0 radical (unpaired) electrons. The zero-order valence-corrected chi connectivity index (χ0v) is 16.4. The summed E-state index contributed by atoms with van der Waals surface area (Å²) < 4.78 is 7.05. The van der Waals surface area contributed by atoms with Crippen molar-refractivity contribution >= 4 is 35.0 Å². The number of nitrogens with one attached hydrogen (secondary N) is 1. The third-order valence-electron chi connectivity index (χ3n) is 3.95. The largest absolute Gasteiger partial charge is 0.461 e. The topological polar surface area (TPSA) is 133 Å². The summed E-state index contributed by atoms with van der Waals surface area (Å²) in [7, 11) is 0. The van der Waals surface area contributed by atoms with E-state index in [9.17, 15) is 14.4 Å². The summed E-state index contributed by atoms with van der Waals surface area (Å²) in [6.45, 7) is 1.70. The van der Waals surface area contributed by atoms with Crippen LogP contribution in [-0.2, 0) is 16.1 Å². The molecule has 3 rings (SSSR count). The molecule has 0 fully saturated rings. The van der Waals surface area contributed by atoms with Gasteiger partial charge in [0.25, 0.3) is 0 Å². The fourth-order valence-corrected chi connectivity index (χ4v) is 3.39. The molecule has 2 heterocycles. The van der Waals surface area contributed by atoms with E-state index in [1.54, 1.807) is 41.0 Å². The zero-order chi connectivity index (χ0) is 20.8. The summed E-state index contributed by atoms with van der Waals surface area (Å²) in [6.07, 6.45) is 1.60. The molecule has 150 valence electrons. The van der Waals surface area contributed by atoms with Crippen molar-refractivity contribution in [3.8, 4) is 11.6 Å². The van der Waals surface area contributed by atoms with Crippen molar-refractivity contribution in [3.63, 3.8) is 0 Å². The first-order valence-corrected chi connectivity index (χ1v) is 9.72. The number of para-hydroxylation sites is 1. The molecular weight excluding hydrogens is 394 g/mol. The summed E-state index contributed by atoms with van der Waals surface area (Å²) >= 11 is 1.16. The molecule has 0 aliphatic carbocycles. The van der Waals surface area contributed by atoms with Crippen LogP contribution in [0.15, 0.2) is 52.2 Å². The van der Waals surface area contributed by atoms with Gasteiger partial charge in [0.1, 0.15) is 0 Å². The summed E-state index contributed by atoms with van der Waals surface area (Å²) in [5, 5.41) is 11.4. The summed E-state index contributed by atoms with van der Waals surface area (Å²) in [6, 6.07) is 10.2. The molecule has 10 heteroatoms. The highest BCUT2D eigenvalue weighted by molar-refractivity contribution is 7.99. The smallest absolute Gasteiger partial charge is 0.234 e. The van der Waals surface area contributed by atoms with Crippen molar-refractivity contribution in [1.82, 2.24) is 14.8 Å². The Balaban J connectivity index is 1.72. The van der Waals surface area contributed by atoms with Gasteiger partial charge in [0, 0.05) is 18.5 Å². The number of carbonyl (C=O) groups is 3. The Morgan fingerprint density at radius 2 is 1.97 bits per heavy atom. The highest BCUT2D eigenvalue weighted by Crippen LogP contribution is 2.25. The molecule has 9 nitrogen and oxygen atoms in total. The number of nitrogens with zero attached hydrogens (tertiary/aromatic N) is 3. The van der Waals surface area contributed by atoms with Crippen molar-refractivity contribution < 1.29 is 18.8 Å². The van der Waals surface area contributed by atoms with Crippen molar-refractivity contribution in [2.75, 3.05) is 11.1 Å².